The van der Waals surface area contributed by atoms with E-state index in [1.165, 1.54) is 4.70 Å². The summed E-state index contributed by atoms with van der Waals surface area (Å²) in [6, 6.07) is 4.06. The Labute approximate surface area is 104 Å². The number of hydrogen-bond acceptors (Lipinski definition) is 5. The number of aliphatic hydroxyl groups excluding tert-OH is 1. The lowest BCUT2D eigenvalue weighted by Crippen LogP contribution is -2.18. The Kier molecular flexibility index (Phi) is 4.30. The van der Waals surface area contributed by atoms with Gasteiger partial charge in [0, 0.05) is 29.9 Å². The highest BCUT2D eigenvalue weighted by Gasteiger charge is 2.05. The van der Waals surface area contributed by atoms with Gasteiger partial charge < -0.3 is 15.2 Å². The maximum atomic E-state index is 9.52. The molecule has 17 heavy (non-hydrogen) atoms. The number of nitrogens with zero attached hydrogens (tertiary/aromatic N) is 1. The smallest absolute Gasteiger partial charge is 0.134 e. The first kappa shape index (κ1) is 12.3. The first-order valence-corrected chi connectivity index (χ1v) is 6.42. The molecule has 1 unspecified atom stereocenters. The molecule has 0 spiro atoms. The minimum absolute atomic E-state index is 0.373. The molecule has 0 aliphatic carbocycles. The third kappa shape index (κ3) is 3.15. The van der Waals surface area contributed by atoms with Crippen molar-refractivity contribution >= 4 is 27.2 Å². The van der Waals surface area contributed by atoms with Gasteiger partial charge in [-0.05, 0) is 23.9 Å². The van der Waals surface area contributed by atoms with Crippen molar-refractivity contribution in [3.63, 3.8) is 0 Å². The summed E-state index contributed by atoms with van der Waals surface area (Å²) in [5.41, 5.74) is 0. The Hall–Kier alpha value is -1.17. The molecule has 4 nitrogen and oxygen atoms in total. The van der Waals surface area contributed by atoms with Crippen LogP contribution in [-0.2, 0) is 4.74 Å². The van der Waals surface area contributed by atoms with E-state index in [-0.39, 0.29) is 0 Å². The van der Waals surface area contributed by atoms with Crippen LogP contribution in [-0.4, -0.2) is 36.5 Å². The first-order chi connectivity index (χ1) is 8.31. The largest absolute Gasteiger partial charge is 0.391 e. The molecule has 0 aliphatic heterocycles. The molecule has 2 aromatic heterocycles. The van der Waals surface area contributed by atoms with Crippen LogP contribution in [0.4, 0.5) is 5.82 Å². The molecule has 0 aromatic carbocycles. The van der Waals surface area contributed by atoms with Crippen molar-refractivity contribution in [3.05, 3.63) is 23.7 Å². The van der Waals surface area contributed by atoms with Crippen LogP contribution in [0.15, 0.2) is 23.7 Å². The molecule has 1 atom stereocenters. The number of ether oxygens (including phenoxy) is 1. The Bertz CT molecular complexity index is 472. The van der Waals surface area contributed by atoms with Gasteiger partial charge in [-0.15, -0.1) is 11.3 Å². The highest BCUT2D eigenvalue weighted by Crippen LogP contribution is 2.25. The monoisotopic (exact) mass is 252 g/mol. The highest BCUT2D eigenvalue weighted by molar-refractivity contribution is 7.17. The summed E-state index contributed by atoms with van der Waals surface area (Å²) in [4.78, 5) is 4.30. The summed E-state index contributed by atoms with van der Waals surface area (Å²) < 4.78 is 6.09. The summed E-state index contributed by atoms with van der Waals surface area (Å²) in [7, 11) is 1.59. The van der Waals surface area contributed by atoms with Gasteiger partial charge >= 0.3 is 0 Å². The van der Waals surface area contributed by atoms with Crippen molar-refractivity contribution in [1.29, 1.82) is 0 Å². The molecule has 2 aromatic rings. The second-order valence-electron chi connectivity index (χ2n) is 3.82. The quantitative estimate of drug-likeness (QED) is 0.826. The average molecular weight is 252 g/mol. The molecule has 0 aliphatic rings. The number of aliphatic hydroxyl groups is 1. The van der Waals surface area contributed by atoms with Gasteiger partial charge in [0.1, 0.15) is 5.82 Å². The summed E-state index contributed by atoms with van der Waals surface area (Å²) in [6.45, 7) is 1.06. The van der Waals surface area contributed by atoms with Crippen molar-refractivity contribution in [1.82, 2.24) is 4.98 Å². The molecule has 92 valence electrons. The molecule has 0 bridgehead atoms. The molecule has 2 rings (SSSR count). The second kappa shape index (κ2) is 5.95. The van der Waals surface area contributed by atoms with E-state index in [1.807, 2.05) is 6.07 Å². The number of hydrogen-bond donors (Lipinski definition) is 2. The van der Waals surface area contributed by atoms with Gasteiger partial charge in [-0.2, -0.15) is 0 Å². The summed E-state index contributed by atoms with van der Waals surface area (Å²) >= 11 is 1.70. The number of anilines is 1. The van der Waals surface area contributed by atoms with E-state index in [1.54, 1.807) is 24.6 Å². The maximum absolute atomic E-state index is 9.52. The van der Waals surface area contributed by atoms with Crippen LogP contribution in [0.3, 0.4) is 0 Å². The van der Waals surface area contributed by atoms with Gasteiger partial charge in [0.05, 0.1) is 12.7 Å². The number of methoxy groups -OCH3 is 1. The standard InChI is InChI=1S/C12H16N2O2S/c1-16-8-9(15)2-5-13-12-10-4-7-17-11(10)3-6-14-12/h3-4,6-7,9,15H,2,5,8H2,1H3,(H,13,14). The van der Waals surface area contributed by atoms with Gasteiger partial charge in [-0.25, -0.2) is 4.98 Å². The molecule has 5 heteroatoms. The van der Waals surface area contributed by atoms with E-state index in [0.717, 1.165) is 11.2 Å². The molecular weight excluding hydrogens is 236 g/mol. The normalized spacial score (nSPS) is 12.8. The Morgan fingerprint density at radius 2 is 2.41 bits per heavy atom. The van der Waals surface area contributed by atoms with Gasteiger partial charge in [-0.3, -0.25) is 0 Å². The summed E-state index contributed by atoms with van der Waals surface area (Å²) in [5, 5.41) is 16.0. The predicted molar refractivity (Wildman–Crippen MR) is 70.6 cm³/mol. The zero-order valence-electron chi connectivity index (χ0n) is 9.72. The van der Waals surface area contributed by atoms with Gasteiger partial charge in [0.15, 0.2) is 0 Å². The Morgan fingerprint density at radius 3 is 3.24 bits per heavy atom. The van der Waals surface area contributed by atoms with E-state index in [9.17, 15) is 5.11 Å². The van der Waals surface area contributed by atoms with E-state index < -0.39 is 6.10 Å². The van der Waals surface area contributed by atoms with Crippen molar-refractivity contribution in [2.45, 2.75) is 12.5 Å². The Balaban J connectivity index is 1.92. The van der Waals surface area contributed by atoms with Gasteiger partial charge in [0.25, 0.3) is 0 Å². The fraction of sp³-hybridized carbons (Fsp3) is 0.417. The van der Waals surface area contributed by atoms with Crippen LogP contribution < -0.4 is 5.32 Å². The molecule has 0 radical (unpaired) electrons. The van der Waals surface area contributed by atoms with Crippen molar-refractivity contribution < 1.29 is 9.84 Å². The third-order valence-electron chi connectivity index (χ3n) is 2.51. The third-order valence-corrected chi connectivity index (χ3v) is 3.39. The van der Waals surface area contributed by atoms with Crippen LogP contribution in [0.1, 0.15) is 6.42 Å². The minimum Gasteiger partial charge on any atom is -0.391 e. The molecule has 2 N–H and O–H groups in total. The van der Waals surface area contributed by atoms with Crippen molar-refractivity contribution in [2.24, 2.45) is 0 Å². The zero-order valence-corrected chi connectivity index (χ0v) is 10.5. The Morgan fingerprint density at radius 1 is 1.53 bits per heavy atom. The molecule has 0 amide bonds. The predicted octanol–water partition coefficient (Wildman–Crippen LogP) is 2.11. The van der Waals surface area contributed by atoms with Crippen LogP contribution in [0.5, 0.6) is 0 Å². The van der Waals surface area contributed by atoms with Gasteiger partial charge in [0.2, 0.25) is 0 Å². The minimum atomic E-state index is -0.422. The number of aromatic nitrogens is 1. The lowest BCUT2D eigenvalue weighted by molar-refractivity contribution is 0.0615. The van der Waals surface area contributed by atoms with Crippen molar-refractivity contribution in [3.8, 4) is 0 Å². The van der Waals surface area contributed by atoms with E-state index in [4.69, 9.17) is 4.74 Å². The molecule has 2 heterocycles. The molecule has 0 fully saturated rings. The summed E-state index contributed by atoms with van der Waals surface area (Å²) in [6.07, 6.45) is 2.03. The van der Waals surface area contributed by atoms with E-state index in [0.29, 0.717) is 19.6 Å². The molecule has 0 saturated heterocycles. The van der Waals surface area contributed by atoms with Crippen molar-refractivity contribution in [2.75, 3.05) is 25.6 Å². The number of fused-ring (bicyclic) bond motifs is 1. The van der Waals surface area contributed by atoms with Crippen LogP contribution in [0.25, 0.3) is 10.1 Å². The van der Waals surface area contributed by atoms with Crippen LogP contribution >= 0.6 is 11.3 Å². The van der Waals surface area contributed by atoms with Gasteiger partial charge in [-0.1, -0.05) is 0 Å². The molecule has 0 saturated carbocycles. The lowest BCUT2D eigenvalue weighted by atomic mass is 10.2. The number of thiophene rings is 1. The van der Waals surface area contributed by atoms with E-state index in [2.05, 4.69) is 21.7 Å². The maximum Gasteiger partial charge on any atom is 0.134 e. The number of nitrogens with one attached hydrogen (secondary N) is 1. The fourth-order valence-corrected chi connectivity index (χ4v) is 2.45. The first-order valence-electron chi connectivity index (χ1n) is 5.54. The highest BCUT2D eigenvalue weighted by atomic mass is 32.1. The van der Waals surface area contributed by atoms with E-state index >= 15 is 0 Å². The summed E-state index contributed by atoms with van der Waals surface area (Å²) in [5.74, 6) is 0.883. The topological polar surface area (TPSA) is 54.4 Å². The average Bonchev–Trinajstić information content (AvgIpc) is 2.78. The zero-order chi connectivity index (χ0) is 12.1. The van der Waals surface area contributed by atoms with Crippen LogP contribution in [0, 0.1) is 0 Å². The number of pyridine rings is 1. The van der Waals surface area contributed by atoms with Crippen LogP contribution in [0.2, 0.25) is 0 Å². The molecular formula is C12H16N2O2S. The SMILES string of the molecule is COCC(O)CCNc1nccc2sccc12. The fourth-order valence-electron chi connectivity index (χ4n) is 1.67. The number of rotatable bonds is 6. The second-order valence-corrected chi connectivity index (χ2v) is 4.76. The lowest BCUT2D eigenvalue weighted by Gasteiger charge is -2.10.